The Morgan fingerprint density at radius 2 is 1.91 bits per heavy atom. The highest BCUT2D eigenvalue weighted by molar-refractivity contribution is 7.92. The first-order chi connectivity index (χ1) is 10.8. The Bertz CT molecular complexity index is 894. The predicted molar refractivity (Wildman–Crippen MR) is 85.3 cm³/mol. The second-order valence-electron chi connectivity index (χ2n) is 5.44. The number of benzene rings is 2. The highest BCUT2D eigenvalue weighted by Gasteiger charge is 2.19. The van der Waals surface area contributed by atoms with Crippen molar-refractivity contribution >= 4 is 27.3 Å². The third-order valence-electron chi connectivity index (χ3n) is 3.68. The molecule has 2 aromatic rings. The zero-order chi connectivity index (χ0) is 16.6. The fourth-order valence-corrected chi connectivity index (χ4v) is 3.85. The van der Waals surface area contributed by atoms with E-state index in [-0.39, 0.29) is 10.8 Å². The van der Waals surface area contributed by atoms with E-state index in [1.54, 1.807) is 25.1 Å². The Morgan fingerprint density at radius 1 is 1.13 bits per heavy atom. The standard InChI is InChI=1S/C16H15FN2O3S/c1-10-8-12(17)3-6-15(10)23(21,22)19-13-4-5-14-11(9-13)2-7-16(20)18-14/h3-6,8-9,19H,2,7H2,1H3,(H,18,20). The van der Waals surface area contributed by atoms with Gasteiger partial charge in [0, 0.05) is 17.8 Å². The van der Waals surface area contributed by atoms with E-state index in [2.05, 4.69) is 10.0 Å². The van der Waals surface area contributed by atoms with Gasteiger partial charge in [0.2, 0.25) is 5.91 Å². The van der Waals surface area contributed by atoms with Gasteiger partial charge in [0.25, 0.3) is 10.0 Å². The lowest BCUT2D eigenvalue weighted by molar-refractivity contribution is -0.116. The molecule has 0 radical (unpaired) electrons. The SMILES string of the molecule is Cc1cc(F)ccc1S(=O)(=O)Nc1ccc2c(c1)CCC(=O)N2. The summed E-state index contributed by atoms with van der Waals surface area (Å²) in [6.07, 6.45) is 0.937. The monoisotopic (exact) mass is 334 g/mol. The van der Waals surface area contributed by atoms with Gasteiger partial charge in [0.1, 0.15) is 5.82 Å². The molecule has 0 fully saturated rings. The van der Waals surface area contributed by atoms with Crippen LogP contribution in [0.3, 0.4) is 0 Å². The second-order valence-corrected chi connectivity index (χ2v) is 7.09. The van der Waals surface area contributed by atoms with Crippen molar-refractivity contribution in [2.75, 3.05) is 10.0 Å². The number of fused-ring (bicyclic) bond motifs is 1. The molecule has 0 unspecified atom stereocenters. The maximum absolute atomic E-state index is 13.1. The largest absolute Gasteiger partial charge is 0.326 e. The average Bonchev–Trinajstić information content (AvgIpc) is 2.46. The van der Waals surface area contributed by atoms with Crippen molar-refractivity contribution in [2.45, 2.75) is 24.7 Å². The van der Waals surface area contributed by atoms with Gasteiger partial charge < -0.3 is 5.32 Å². The highest BCUT2D eigenvalue weighted by Crippen LogP contribution is 2.27. The molecule has 0 bridgehead atoms. The van der Waals surface area contributed by atoms with E-state index in [1.807, 2.05) is 0 Å². The Morgan fingerprint density at radius 3 is 2.65 bits per heavy atom. The van der Waals surface area contributed by atoms with Crippen molar-refractivity contribution in [3.63, 3.8) is 0 Å². The number of rotatable bonds is 3. The number of halogens is 1. The first-order valence-electron chi connectivity index (χ1n) is 7.07. The molecule has 0 spiro atoms. The molecule has 1 heterocycles. The molecule has 0 saturated carbocycles. The van der Waals surface area contributed by atoms with Crippen LogP contribution in [0.25, 0.3) is 0 Å². The third-order valence-corrected chi connectivity index (χ3v) is 5.22. The van der Waals surface area contributed by atoms with Crippen LogP contribution in [0.4, 0.5) is 15.8 Å². The number of hydrogen-bond donors (Lipinski definition) is 2. The maximum atomic E-state index is 13.1. The number of carbonyl (C=O) groups is 1. The number of anilines is 2. The summed E-state index contributed by atoms with van der Waals surface area (Å²) in [6.45, 7) is 1.54. The summed E-state index contributed by atoms with van der Waals surface area (Å²) in [5.41, 5.74) is 2.31. The molecule has 3 rings (SSSR count). The lowest BCUT2D eigenvalue weighted by atomic mass is 10.0. The van der Waals surface area contributed by atoms with E-state index >= 15 is 0 Å². The Labute approximate surface area is 133 Å². The van der Waals surface area contributed by atoms with Gasteiger partial charge in [0.05, 0.1) is 4.90 Å². The van der Waals surface area contributed by atoms with Gasteiger partial charge in [-0.3, -0.25) is 9.52 Å². The number of aryl methyl sites for hydroxylation is 2. The fourth-order valence-electron chi connectivity index (χ4n) is 2.57. The highest BCUT2D eigenvalue weighted by atomic mass is 32.2. The lowest BCUT2D eigenvalue weighted by Crippen LogP contribution is -2.19. The molecule has 2 N–H and O–H groups in total. The molecule has 0 atom stereocenters. The second kappa shape index (κ2) is 5.66. The summed E-state index contributed by atoms with van der Waals surface area (Å²) >= 11 is 0. The Balaban J connectivity index is 1.90. The van der Waals surface area contributed by atoms with E-state index in [9.17, 15) is 17.6 Å². The predicted octanol–water partition coefficient (Wildman–Crippen LogP) is 2.82. The van der Waals surface area contributed by atoms with Crippen molar-refractivity contribution in [1.82, 2.24) is 0 Å². The number of nitrogens with one attached hydrogen (secondary N) is 2. The molecular formula is C16H15FN2O3S. The molecular weight excluding hydrogens is 319 g/mol. The van der Waals surface area contributed by atoms with E-state index < -0.39 is 15.8 Å². The van der Waals surface area contributed by atoms with Crippen molar-refractivity contribution in [2.24, 2.45) is 0 Å². The minimum Gasteiger partial charge on any atom is -0.326 e. The summed E-state index contributed by atoms with van der Waals surface area (Å²) in [7, 11) is -3.80. The minimum atomic E-state index is -3.80. The topological polar surface area (TPSA) is 75.3 Å². The van der Waals surface area contributed by atoms with Crippen molar-refractivity contribution in [3.05, 3.63) is 53.3 Å². The molecule has 0 aromatic heterocycles. The molecule has 23 heavy (non-hydrogen) atoms. The van der Waals surface area contributed by atoms with E-state index in [1.165, 1.54) is 12.1 Å². The zero-order valence-electron chi connectivity index (χ0n) is 12.4. The number of hydrogen-bond acceptors (Lipinski definition) is 3. The fraction of sp³-hybridized carbons (Fsp3) is 0.188. The molecule has 5 nitrogen and oxygen atoms in total. The first kappa shape index (κ1) is 15.5. The smallest absolute Gasteiger partial charge is 0.262 e. The van der Waals surface area contributed by atoms with E-state index in [0.717, 1.165) is 11.6 Å². The van der Waals surface area contributed by atoms with Crippen LogP contribution in [0.5, 0.6) is 0 Å². The van der Waals surface area contributed by atoms with Crippen LogP contribution < -0.4 is 10.0 Å². The van der Waals surface area contributed by atoms with Crippen LogP contribution in [0.15, 0.2) is 41.3 Å². The molecule has 0 saturated heterocycles. The van der Waals surface area contributed by atoms with Gasteiger partial charge in [-0.15, -0.1) is 0 Å². The summed E-state index contributed by atoms with van der Waals surface area (Å²) in [5.74, 6) is -0.529. The Hall–Kier alpha value is -2.41. The van der Waals surface area contributed by atoms with Crippen LogP contribution in [0, 0.1) is 12.7 Å². The molecule has 7 heteroatoms. The molecule has 0 aliphatic carbocycles. The van der Waals surface area contributed by atoms with Crippen molar-refractivity contribution < 1.29 is 17.6 Å². The number of sulfonamides is 1. The van der Waals surface area contributed by atoms with E-state index in [4.69, 9.17) is 0 Å². The van der Waals surface area contributed by atoms with Gasteiger partial charge in [-0.05, 0) is 60.9 Å². The summed E-state index contributed by atoms with van der Waals surface area (Å²) in [4.78, 5) is 11.4. The minimum absolute atomic E-state index is 0.0323. The quantitative estimate of drug-likeness (QED) is 0.906. The lowest BCUT2D eigenvalue weighted by Gasteiger charge is -2.18. The summed E-state index contributed by atoms with van der Waals surface area (Å²) in [6, 6.07) is 8.49. The molecule has 120 valence electrons. The maximum Gasteiger partial charge on any atom is 0.262 e. The molecule has 1 aliphatic rings. The number of carbonyl (C=O) groups excluding carboxylic acids is 1. The van der Waals surface area contributed by atoms with Gasteiger partial charge in [0.15, 0.2) is 0 Å². The summed E-state index contributed by atoms with van der Waals surface area (Å²) in [5, 5.41) is 2.74. The average molecular weight is 334 g/mol. The van der Waals surface area contributed by atoms with Crippen LogP contribution in [0.2, 0.25) is 0 Å². The molecule has 1 amide bonds. The normalized spacial score (nSPS) is 14.1. The first-order valence-corrected chi connectivity index (χ1v) is 8.55. The zero-order valence-corrected chi connectivity index (χ0v) is 13.2. The molecule has 1 aliphatic heterocycles. The van der Waals surface area contributed by atoms with Crippen molar-refractivity contribution in [3.8, 4) is 0 Å². The van der Waals surface area contributed by atoms with Gasteiger partial charge in [-0.2, -0.15) is 0 Å². The summed E-state index contributed by atoms with van der Waals surface area (Å²) < 4.78 is 40.5. The van der Waals surface area contributed by atoms with Gasteiger partial charge in [-0.25, -0.2) is 12.8 Å². The van der Waals surface area contributed by atoms with Crippen molar-refractivity contribution in [1.29, 1.82) is 0 Å². The molecule has 2 aromatic carbocycles. The van der Waals surface area contributed by atoms with Crippen LogP contribution in [-0.4, -0.2) is 14.3 Å². The van der Waals surface area contributed by atoms with E-state index in [0.29, 0.717) is 29.8 Å². The van der Waals surface area contributed by atoms with Crippen LogP contribution >= 0.6 is 0 Å². The Kier molecular flexibility index (Phi) is 3.81. The van der Waals surface area contributed by atoms with Crippen LogP contribution in [0.1, 0.15) is 17.5 Å². The third kappa shape index (κ3) is 3.19. The van der Waals surface area contributed by atoms with Gasteiger partial charge >= 0.3 is 0 Å². The number of amides is 1. The van der Waals surface area contributed by atoms with Gasteiger partial charge in [-0.1, -0.05) is 0 Å². The van der Waals surface area contributed by atoms with Crippen LogP contribution in [-0.2, 0) is 21.2 Å².